The van der Waals surface area contributed by atoms with Gasteiger partial charge in [0.15, 0.2) is 23.0 Å². The van der Waals surface area contributed by atoms with Crippen molar-refractivity contribution in [3.63, 3.8) is 0 Å². The van der Waals surface area contributed by atoms with Gasteiger partial charge in [-0.2, -0.15) is 0 Å². The molecule has 3 N–H and O–H groups in total. The van der Waals surface area contributed by atoms with Gasteiger partial charge < -0.3 is 34.7 Å². The van der Waals surface area contributed by atoms with Crippen LogP contribution in [0.25, 0.3) is 0 Å². The average Bonchev–Trinajstić information content (AvgIpc) is 3.35. The first-order chi connectivity index (χ1) is 17.4. The molecule has 12 heteroatoms. The van der Waals surface area contributed by atoms with Crippen molar-refractivity contribution in [3.8, 4) is 23.0 Å². The van der Waals surface area contributed by atoms with Gasteiger partial charge in [-0.3, -0.25) is 10.1 Å². The van der Waals surface area contributed by atoms with Crippen molar-refractivity contribution in [1.82, 2.24) is 5.32 Å². The van der Waals surface area contributed by atoms with Crippen molar-refractivity contribution in [3.05, 3.63) is 80.3 Å². The summed E-state index contributed by atoms with van der Waals surface area (Å²) in [7, 11) is 1.56. The lowest BCUT2D eigenvalue weighted by Crippen LogP contribution is -2.21. The fourth-order valence-electron chi connectivity index (χ4n) is 3.62. The number of ether oxygens (including phenoxy) is 4. The second kappa shape index (κ2) is 13.3. The molecule has 0 radical (unpaired) electrons. The van der Waals surface area contributed by atoms with Crippen molar-refractivity contribution in [2.45, 2.75) is 12.6 Å². The smallest absolute Gasteiger partial charge is 0.269 e. The quantitative estimate of drug-likeness (QED) is 0.153. The SMILES string of the molecule is COc1cc(CNCCNc2ccc([N+](=O)[O-])cc2)cc(Br)c1OCC(O)c1ccc2c(c1)OCO2.Cl. The van der Waals surface area contributed by atoms with Crippen molar-refractivity contribution in [2.75, 3.05) is 38.9 Å². The summed E-state index contributed by atoms with van der Waals surface area (Å²) in [6.07, 6.45) is -0.860. The van der Waals surface area contributed by atoms with Gasteiger partial charge in [-0.1, -0.05) is 6.07 Å². The molecule has 1 aliphatic heterocycles. The van der Waals surface area contributed by atoms with Crippen LogP contribution < -0.4 is 29.6 Å². The lowest BCUT2D eigenvalue weighted by atomic mass is 10.1. The van der Waals surface area contributed by atoms with Crippen LogP contribution >= 0.6 is 28.3 Å². The second-order valence-corrected chi connectivity index (χ2v) is 8.81. The molecule has 0 bridgehead atoms. The van der Waals surface area contributed by atoms with Crippen LogP contribution in [0.3, 0.4) is 0 Å². The Bertz CT molecular complexity index is 1210. The summed E-state index contributed by atoms with van der Waals surface area (Å²) in [5.74, 6) is 2.30. The van der Waals surface area contributed by atoms with Crippen LogP contribution in [0.1, 0.15) is 17.2 Å². The predicted octanol–water partition coefficient (Wildman–Crippen LogP) is 4.83. The van der Waals surface area contributed by atoms with Crippen molar-refractivity contribution in [1.29, 1.82) is 0 Å². The number of nitrogens with zero attached hydrogens (tertiary/aromatic N) is 1. The van der Waals surface area contributed by atoms with Gasteiger partial charge in [-0.15, -0.1) is 12.4 Å². The van der Waals surface area contributed by atoms with Crippen LogP contribution in [-0.4, -0.2) is 43.6 Å². The second-order valence-electron chi connectivity index (χ2n) is 7.96. The van der Waals surface area contributed by atoms with Crippen molar-refractivity contribution in [2.24, 2.45) is 0 Å². The zero-order valence-electron chi connectivity index (χ0n) is 19.9. The van der Waals surface area contributed by atoms with Gasteiger partial charge in [0.2, 0.25) is 6.79 Å². The van der Waals surface area contributed by atoms with E-state index in [1.165, 1.54) is 12.1 Å². The van der Waals surface area contributed by atoms with E-state index in [4.69, 9.17) is 18.9 Å². The molecule has 0 saturated heterocycles. The molecule has 0 aliphatic carbocycles. The van der Waals surface area contributed by atoms with Crippen LogP contribution in [0.5, 0.6) is 23.0 Å². The average molecular weight is 597 g/mol. The van der Waals surface area contributed by atoms with Crippen molar-refractivity contribution >= 4 is 39.7 Å². The summed E-state index contributed by atoms with van der Waals surface area (Å²) in [4.78, 5) is 10.3. The molecule has 0 spiro atoms. The maximum atomic E-state index is 10.7. The number of non-ortho nitro benzene ring substituents is 1. The third kappa shape index (κ3) is 7.39. The van der Waals surface area contributed by atoms with Crippen molar-refractivity contribution < 1.29 is 29.0 Å². The molecule has 0 fully saturated rings. The molecule has 198 valence electrons. The maximum absolute atomic E-state index is 10.7. The number of hydrogen-bond acceptors (Lipinski definition) is 9. The number of nitrogens with one attached hydrogen (secondary N) is 2. The largest absolute Gasteiger partial charge is 0.493 e. The highest BCUT2D eigenvalue weighted by Gasteiger charge is 2.19. The van der Waals surface area contributed by atoms with E-state index >= 15 is 0 Å². The molecule has 0 amide bonds. The van der Waals surface area contributed by atoms with E-state index in [1.807, 2.05) is 12.1 Å². The summed E-state index contributed by atoms with van der Waals surface area (Å²) in [5, 5.41) is 27.9. The molecule has 37 heavy (non-hydrogen) atoms. The summed E-state index contributed by atoms with van der Waals surface area (Å²) in [6, 6.07) is 15.4. The number of aliphatic hydroxyl groups is 1. The highest BCUT2D eigenvalue weighted by molar-refractivity contribution is 9.10. The van der Waals surface area contributed by atoms with E-state index < -0.39 is 11.0 Å². The number of methoxy groups -OCH3 is 1. The maximum Gasteiger partial charge on any atom is 0.269 e. The molecule has 4 rings (SSSR count). The molecule has 0 saturated carbocycles. The number of fused-ring (bicyclic) bond motifs is 1. The summed E-state index contributed by atoms with van der Waals surface area (Å²) >= 11 is 3.54. The fraction of sp³-hybridized carbons (Fsp3) is 0.280. The van der Waals surface area contributed by atoms with Gasteiger partial charge in [0, 0.05) is 37.5 Å². The van der Waals surface area contributed by atoms with Gasteiger partial charge in [0.25, 0.3) is 5.69 Å². The third-order valence-corrected chi connectivity index (χ3v) is 6.08. The van der Waals surface area contributed by atoms with E-state index in [-0.39, 0.29) is 31.5 Å². The zero-order valence-corrected chi connectivity index (χ0v) is 22.3. The number of aliphatic hydroxyl groups excluding tert-OH is 1. The topological polar surface area (TPSA) is 124 Å². The van der Waals surface area contributed by atoms with E-state index in [9.17, 15) is 15.2 Å². The van der Waals surface area contributed by atoms with Crippen LogP contribution in [0, 0.1) is 10.1 Å². The van der Waals surface area contributed by atoms with Crippen LogP contribution in [0.15, 0.2) is 59.1 Å². The van der Waals surface area contributed by atoms with Gasteiger partial charge in [-0.25, -0.2) is 0 Å². The van der Waals surface area contributed by atoms with Gasteiger partial charge in [-0.05, 0) is 63.5 Å². The molecule has 0 aromatic heterocycles. The van der Waals surface area contributed by atoms with E-state index in [2.05, 4.69) is 26.6 Å². The highest BCUT2D eigenvalue weighted by atomic mass is 79.9. The summed E-state index contributed by atoms with van der Waals surface area (Å²) < 4.78 is 22.8. The highest BCUT2D eigenvalue weighted by Crippen LogP contribution is 2.38. The minimum atomic E-state index is -0.860. The summed E-state index contributed by atoms with van der Waals surface area (Å²) in [6.45, 7) is 2.12. The lowest BCUT2D eigenvalue weighted by molar-refractivity contribution is -0.384. The minimum absolute atomic E-state index is 0. The predicted molar refractivity (Wildman–Crippen MR) is 144 cm³/mol. The van der Waals surface area contributed by atoms with E-state index in [1.54, 1.807) is 37.4 Å². The number of hydrogen-bond donors (Lipinski definition) is 3. The Kier molecular flexibility index (Phi) is 10.2. The Hall–Kier alpha value is -3.25. The minimum Gasteiger partial charge on any atom is -0.493 e. The molecule has 1 heterocycles. The molecule has 3 aromatic carbocycles. The number of benzene rings is 3. The molecular weight excluding hydrogens is 570 g/mol. The number of halogens is 2. The first-order valence-corrected chi connectivity index (χ1v) is 12.0. The number of rotatable bonds is 12. The van der Waals surface area contributed by atoms with Crippen LogP contribution in [0.4, 0.5) is 11.4 Å². The molecule has 1 aliphatic rings. The standard InChI is InChI=1S/C25H26BrN3O7.ClH/c1-33-24-11-16(13-27-8-9-28-18-3-5-19(6-4-18)29(31)32)10-20(26)25(24)34-14-21(30)17-2-7-22-23(12-17)36-15-35-22;/h2-7,10-12,21,27-28,30H,8-9,13-15H2,1H3;1H. The monoisotopic (exact) mass is 595 g/mol. The normalized spacial score (nSPS) is 12.4. The van der Waals surface area contributed by atoms with Crippen LogP contribution in [0.2, 0.25) is 0 Å². The number of anilines is 1. The molecule has 1 atom stereocenters. The summed E-state index contributed by atoms with van der Waals surface area (Å²) in [5.41, 5.74) is 2.53. The Labute approximate surface area is 228 Å². The Balaban J connectivity index is 0.00000380. The van der Waals surface area contributed by atoms with Crippen LogP contribution in [-0.2, 0) is 6.54 Å². The first-order valence-electron chi connectivity index (χ1n) is 11.2. The zero-order chi connectivity index (χ0) is 25.5. The number of nitro groups is 1. The Morgan fingerprint density at radius 2 is 1.86 bits per heavy atom. The molecule has 3 aromatic rings. The van der Waals surface area contributed by atoms with Gasteiger partial charge in [0.1, 0.15) is 12.7 Å². The Morgan fingerprint density at radius 3 is 2.59 bits per heavy atom. The fourth-order valence-corrected chi connectivity index (χ4v) is 4.23. The Morgan fingerprint density at radius 1 is 1.11 bits per heavy atom. The van der Waals surface area contributed by atoms with Gasteiger partial charge in [0.05, 0.1) is 16.5 Å². The molecule has 1 unspecified atom stereocenters. The van der Waals surface area contributed by atoms with Gasteiger partial charge >= 0.3 is 0 Å². The van der Waals surface area contributed by atoms with E-state index in [0.29, 0.717) is 52.7 Å². The first kappa shape index (κ1) is 28.3. The lowest BCUT2D eigenvalue weighted by Gasteiger charge is -2.17. The number of nitro benzene ring substituents is 1. The van der Waals surface area contributed by atoms with E-state index in [0.717, 1.165) is 11.3 Å². The third-order valence-electron chi connectivity index (χ3n) is 5.49. The molecule has 10 nitrogen and oxygen atoms in total. The molecular formula is C25H27BrClN3O7.